The minimum absolute atomic E-state index is 0.105. The Morgan fingerprint density at radius 1 is 1.32 bits per heavy atom. The highest BCUT2D eigenvalue weighted by Crippen LogP contribution is 2.29. The molecule has 22 heavy (non-hydrogen) atoms. The van der Waals surface area contributed by atoms with Crippen LogP contribution < -0.4 is 10.2 Å². The largest absolute Gasteiger partial charge is 0.388 e. The van der Waals surface area contributed by atoms with Gasteiger partial charge >= 0.3 is 0 Å². The van der Waals surface area contributed by atoms with Gasteiger partial charge in [-0.3, -0.25) is 9.59 Å². The number of carbonyl (C=O) groups is 2. The number of hydrogen-bond acceptors (Lipinski definition) is 3. The summed E-state index contributed by atoms with van der Waals surface area (Å²) in [6.07, 6.45) is 4.70. The Morgan fingerprint density at radius 3 is 2.77 bits per heavy atom. The average molecular weight is 302 g/mol. The van der Waals surface area contributed by atoms with Gasteiger partial charge in [0, 0.05) is 31.3 Å². The standard InChI is InChI=1S/C17H22N2O3/c1-19-14-6-4-13(10-12(14)5-7-15(19)20)16(21)18-11-17(22)8-2-3-9-17/h4,6,10,22H,2-3,5,7-9,11H2,1H3,(H,18,21). The average Bonchev–Trinajstić information content (AvgIpc) is 2.95. The third-order valence-corrected chi connectivity index (χ3v) is 4.80. The van der Waals surface area contributed by atoms with Gasteiger partial charge in [-0.15, -0.1) is 0 Å². The third-order valence-electron chi connectivity index (χ3n) is 4.80. The van der Waals surface area contributed by atoms with E-state index in [1.807, 2.05) is 12.1 Å². The topological polar surface area (TPSA) is 69.6 Å². The lowest BCUT2D eigenvalue weighted by Gasteiger charge is -2.26. The van der Waals surface area contributed by atoms with Crippen molar-refractivity contribution in [3.63, 3.8) is 0 Å². The number of nitrogens with one attached hydrogen (secondary N) is 1. The first-order chi connectivity index (χ1) is 10.5. The van der Waals surface area contributed by atoms with Gasteiger partial charge in [0.15, 0.2) is 0 Å². The quantitative estimate of drug-likeness (QED) is 0.891. The normalized spacial score (nSPS) is 19.9. The van der Waals surface area contributed by atoms with Crippen molar-refractivity contribution in [3.8, 4) is 0 Å². The van der Waals surface area contributed by atoms with E-state index in [0.717, 1.165) is 36.9 Å². The number of hydrogen-bond donors (Lipinski definition) is 2. The van der Waals surface area contributed by atoms with Crippen LogP contribution >= 0.6 is 0 Å². The second kappa shape index (κ2) is 5.72. The molecule has 1 aromatic rings. The number of anilines is 1. The summed E-state index contributed by atoms with van der Waals surface area (Å²) in [6.45, 7) is 0.307. The van der Waals surface area contributed by atoms with Gasteiger partial charge in [0.25, 0.3) is 5.91 Å². The molecule has 0 atom stereocenters. The van der Waals surface area contributed by atoms with Crippen LogP contribution in [0, 0.1) is 0 Å². The fraction of sp³-hybridized carbons (Fsp3) is 0.529. The number of carbonyl (C=O) groups excluding carboxylic acids is 2. The monoisotopic (exact) mass is 302 g/mol. The molecule has 1 aliphatic carbocycles. The molecule has 5 heteroatoms. The van der Waals surface area contributed by atoms with Crippen LogP contribution in [0.3, 0.4) is 0 Å². The van der Waals surface area contributed by atoms with E-state index < -0.39 is 5.60 Å². The summed E-state index contributed by atoms with van der Waals surface area (Å²) in [5, 5.41) is 13.1. The van der Waals surface area contributed by atoms with E-state index in [1.165, 1.54) is 0 Å². The lowest BCUT2D eigenvalue weighted by molar-refractivity contribution is -0.118. The Hall–Kier alpha value is -1.88. The van der Waals surface area contributed by atoms with E-state index in [-0.39, 0.29) is 11.8 Å². The molecule has 2 N–H and O–H groups in total. The molecule has 0 spiro atoms. The SMILES string of the molecule is CN1C(=O)CCc2cc(C(=O)NCC3(O)CCCC3)ccc21. The lowest BCUT2D eigenvalue weighted by atomic mass is 9.98. The van der Waals surface area contributed by atoms with Crippen molar-refractivity contribution in [3.05, 3.63) is 29.3 Å². The molecule has 1 fully saturated rings. The van der Waals surface area contributed by atoms with Gasteiger partial charge in [0.1, 0.15) is 0 Å². The van der Waals surface area contributed by atoms with Crippen molar-refractivity contribution in [2.24, 2.45) is 0 Å². The van der Waals surface area contributed by atoms with Crippen LogP contribution in [0.1, 0.15) is 48.0 Å². The van der Waals surface area contributed by atoms with E-state index in [0.29, 0.717) is 24.9 Å². The first-order valence-corrected chi connectivity index (χ1v) is 7.89. The maximum atomic E-state index is 12.3. The lowest BCUT2D eigenvalue weighted by Crippen LogP contribution is -2.40. The molecular formula is C17H22N2O3. The molecule has 0 bridgehead atoms. The van der Waals surface area contributed by atoms with E-state index in [2.05, 4.69) is 5.32 Å². The number of benzene rings is 1. The summed E-state index contributed by atoms with van der Waals surface area (Å²) in [5.74, 6) is -0.0594. The number of fused-ring (bicyclic) bond motifs is 1. The van der Waals surface area contributed by atoms with Crippen molar-refractivity contribution < 1.29 is 14.7 Å². The second-order valence-electron chi connectivity index (χ2n) is 6.41. The van der Waals surface area contributed by atoms with Crippen LogP contribution in [0.4, 0.5) is 5.69 Å². The third kappa shape index (κ3) is 2.86. The zero-order valence-electron chi connectivity index (χ0n) is 12.9. The molecule has 0 radical (unpaired) electrons. The summed E-state index contributed by atoms with van der Waals surface area (Å²) in [7, 11) is 1.76. The predicted octanol–water partition coefficient (Wildman–Crippen LogP) is 1.63. The number of amides is 2. The van der Waals surface area contributed by atoms with Crippen LogP contribution in [0.25, 0.3) is 0 Å². The van der Waals surface area contributed by atoms with E-state index >= 15 is 0 Å². The summed E-state index contributed by atoms with van der Waals surface area (Å²) in [4.78, 5) is 25.6. The van der Waals surface area contributed by atoms with Crippen molar-refractivity contribution in [2.45, 2.75) is 44.1 Å². The molecule has 3 rings (SSSR count). The fourth-order valence-electron chi connectivity index (χ4n) is 3.35. The molecule has 0 unspecified atom stereocenters. The van der Waals surface area contributed by atoms with Crippen LogP contribution in [-0.2, 0) is 11.2 Å². The van der Waals surface area contributed by atoms with Crippen LogP contribution in [0.15, 0.2) is 18.2 Å². The van der Waals surface area contributed by atoms with Gasteiger partial charge in [0.2, 0.25) is 5.91 Å². The molecule has 2 amide bonds. The maximum Gasteiger partial charge on any atom is 0.251 e. The van der Waals surface area contributed by atoms with Gasteiger partial charge in [-0.25, -0.2) is 0 Å². The Kier molecular flexibility index (Phi) is 3.91. The summed E-state index contributed by atoms with van der Waals surface area (Å²) in [5.41, 5.74) is 1.75. The minimum Gasteiger partial charge on any atom is -0.388 e. The number of aliphatic hydroxyl groups is 1. The number of nitrogens with zero attached hydrogens (tertiary/aromatic N) is 1. The van der Waals surface area contributed by atoms with Crippen molar-refractivity contribution in [1.29, 1.82) is 0 Å². The predicted molar refractivity (Wildman–Crippen MR) is 83.9 cm³/mol. The van der Waals surface area contributed by atoms with Gasteiger partial charge in [-0.2, -0.15) is 0 Å². The molecule has 0 saturated heterocycles. The van der Waals surface area contributed by atoms with Gasteiger partial charge < -0.3 is 15.3 Å². The van der Waals surface area contributed by atoms with Crippen LogP contribution in [0.5, 0.6) is 0 Å². The molecule has 1 aliphatic heterocycles. The molecule has 1 saturated carbocycles. The van der Waals surface area contributed by atoms with E-state index in [1.54, 1.807) is 18.0 Å². The number of rotatable bonds is 3. The summed E-state index contributed by atoms with van der Waals surface area (Å²) in [6, 6.07) is 5.42. The zero-order chi connectivity index (χ0) is 15.7. The van der Waals surface area contributed by atoms with Crippen molar-refractivity contribution >= 4 is 17.5 Å². The Morgan fingerprint density at radius 2 is 2.05 bits per heavy atom. The van der Waals surface area contributed by atoms with E-state index in [9.17, 15) is 14.7 Å². The first kappa shape index (κ1) is 15.0. The highest BCUT2D eigenvalue weighted by atomic mass is 16.3. The van der Waals surface area contributed by atoms with Crippen LogP contribution in [-0.4, -0.2) is 36.1 Å². The molecule has 0 aromatic heterocycles. The highest BCUT2D eigenvalue weighted by Gasteiger charge is 2.31. The Balaban J connectivity index is 1.70. The van der Waals surface area contributed by atoms with Crippen molar-refractivity contribution in [2.75, 3.05) is 18.5 Å². The number of aryl methyl sites for hydroxylation is 1. The maximum absolute atomic E-state index is 12.3. The smallest absolute Gasteiger partial charge is 0.251 e. The van der Waals surface area contributed by atoms with Crippen LogP contribution in [0.2, 0.25) is 0 Å². The Labute approximate surface area is 130 Å². The minimum atomic E-state index is -0.740. The van der Waals surface area contributed by atoms with Crippen molar-refractivity contribution in [1.82, 2.24) is 5.32 Å². The fourth-order valence-corrected chi connectivity index (χ4v) is 3.35. The highest BCUT2D eigenvalue weighted by molar-refractivity contribution is 5.98. The molecule has 1 heterocycles. The zero-order valence-corrected chi connectivity index (χ0v) is 12.9. The summed E-state index contributed by atoms with van der Waals surface area (Å²) >= 11 is 0. The molecular weight excluding hydrogens is 280 g/mol. The van der Waals surface area contributed by atoms with Gasteiger partial charge in [0.05, 0.1) is 5.60 Å². The second-order valence-corrected chi connectivity index (χ2v) is 6.41. The van der Waals surface area contributed by atoms with Gasteiger partial charge in [-0.05, 0) is 43.0 Å². The molecule has 1 aromatic carbocycles. The molecule has 5 nitrogen and oxygen atoms in total. The Bertz CT molecular complexity index is 606. The van der Waals surface area contributed by atoms with E-state index in [4.69, 9.17) is 0 Å². The van der Waals surface area contributed by atoms with Gasteiger partial charge in [-0.1, -0.05) is 12.8 Å². The molecule has 118 valence electrons. The molecule has 2 aliphatic rings. The summed E-state index contributed by atoms with van der Waals surface area (Å²) < 4.78 is 0. The first-order valence-electron chi connectivity index (χ1n) is 7.89.